The number of benzene rings is 1. The standard InChI is InChI=1S/C13H13N3O2/c1-2-11-13(18)15-12(17)8-16(11)10-5-3-9(7-14)4-6-10/h3-6,11H,2,8H2,1H3,(H,15,17,18). The molecule has 0 aromatic heterocycles. The van der Waals surface area contributed by atoms with Gasteiger partial charge >= 0.3 is 0 Å². The van der Waals surface area contributed by atoms with Crippen molar-refractivity contribution in [2.75, 3.05) is 11.4 Å². The molecule has 1 fully saturated rings. The molecule has 0 saturated carbocycles. The molecule has 1 heterocycles. The highest BCUT2D eigenvalue weighted by molar-refractivity contribution is 6.04. The van der Waals surface area contributed by atoms with Crippen LogP contribution in [0.2, 0.25) is 0 Å². The lowest BCUT2D eigenvalue weighted by Gasteiger charge is -2.35. The van der Waals surface area contributed by atoms with Crippen molar-refractivity contribution >= 4 is 17.5 Å². The average molecular weight is 243 g/mol. The highest BCUT2D eigenvalue weighted by atomic mass is 16.2. The van der Waals surface area contributed by atoms with Crippen LogP contribution < -0.4 is 10.2 Å². The van der Waals surface area contributed by atoms with E-state index in [0.717, 1.165) is 5.69 Å². The predicted molar refractivity (Wildman–Crippen MR) is 65.7 cm³/mol. The molecule has 18 heavy (non-hydrogen) atoms. The number of amides is 2. The summed E-state index contributed by atoms with van der Waals surface area (Å²) in [6.07, 6.45) is 0.624. The first-order chi connectivity index (χ1) is 8.65. The lowest BCUT2D eigenvalue weighted by Crippen LogP contribution is -2.58. The van der Waals surface area contributed by atoms with E-state index < -0.39 is 0 Å². The van der Waals surface area contributed by atoms with Crippen LogP contribution in [0.3, 0.4) is 0 Å². The third-order valence-electron chi connectivity index (χ3n) is 2.97. The second-order valence-electron chi connectivity index (χ2n) is 4.12. The predicted octanol–water partition coefficient (Wildman–Crippen LogP) is 0.800. The smallest absolute Gasteiger partial charge is 0.249 e. The van der Waals surface area contributed by atoms with Gasteiger partial charge in [-0.2, -0.15) is 5.26 Å². The van der Waals surface area contributed by atoms with Crippen LogP contribution in [-0.4, -0.2) is 24.4 Å². The van der Waals surface area contributed by atoms with E-state index in [2.05, 4.69) is 5.32 Å². The molecule has 1 N–H and O–H groups in total. The van der Waals surface area contributed by atoms with Crippen LogP contribution in [-0.2, 0) is 9.59 Å². The fourth-order valence-electron chi connectivity index (χ4n) is 2.07. The van der Waals surface area contributed by atoms with Gasteiger partial charge in [-0.3, -0.25) is 14.9 Å². The highest BCUT2D eigenvalue weighted by Crippen LogP contribution is 2.21. The van der Waals surface area contributed by atoms with E-state index >= 15 is 0 Å². The van der Waals surface area contributed by atoms with Gasteiger partial charge in [-0.15, -0.1) is 0 Å². The van der Waals surface area contributed by atoms with E-state index in [9.17, 15) is 9.59 Å². The Labute approximate surface area is 105 Å². The lowest BCUT2D eigenvalue weighted by molar-refractivity contribution is -0.132. The number of rotatable bonds is 2. The van der Waals surface area contributed by atoms with E-state index in [1.54, 1.807) is 29.2 Å². The van der Waals surface area contributed by atoms with E-state index in [4.69, 9.17) is 5.26 Å². The molecule has 0 bridgehead atoms. The van der Waals surface area contributed by atoms with Gasteiger partial charge in [-0.25, -0.2) is 0 Å². The average Bonchev–Trinajstić information content (AvgIpc) is 2.38. The van der Waals surface area contributed by atoms with E-state index in [1.807, 2.05) is 13.0 Å². The Morgan fingerprint density at radius 1 is 1.39 bits per heavy atom. The summed E-state index contributed by atoms with van der Waals surface area (Å²) in [5.74, 6) is -0.563. The van der Waals surface area contributed by atoms with Gasteiger partial charge in [0.25, 0.3) is 0 Å². The van der Waals surface area contributed by atoms with Crippen LogP contribution in [0, 0.1) is 11.3 Å². The molecule has 1 aromatic rings. The fraction of sp³-hybridized carbons (Fsp3) is 0.308. The summed E-state index contributed by atoms with van der Waals surface area (Å²) in [4.78, 5) is 24.9. The molecular formula is C13H13N3O2. The minimum absolute atomic E-state index is 0.163. The zero-order chi connectivity index (χ0) is 13.1. The Kier molecular flexibility index (Phi) is 3.28. The van der Waals surface area contributed by atoms with Gasteiger partial charge in [0.1, 0.15) is 6.04 Å². The van der Waals surface area contributed by atoms with Crippen LogP contribution in [0.25, 0.3) is 0 Å². The molecule has 5 nitrogen and oxygen atoms in total. The first kappa shape index (κ1) is 12.1. The van der Waals surface area contributed by atoms with Gasteiger partial charge in [-0.1, -0.05) is 6.92 Å². The first-order valence-electron chi connectivity index (χ1n) is 5.76. The third kappa shape index (κ3) is 2.18. The molecule has 1 aliphatic rings. The van der Waals surface area contributed by atoms with Gasteiger partial charge in [0.15, 0.2) is 0 Å². The molecule has 0 spiro atoms. The maximum absolute atomic E-state index is 11.7. The van der Waals surface area contributed by atoms with Crippen molar-refractivity contribution in [1.82, 2.24) is 5.32 Å². The normalized spacial score (nSPS) is 19.3. The highest BCUT2D eigenvalue weighted by Gasteiger charge is 2.32. The summed E-state index contributed by atoms with van der Waals surface area (Å²) in [5, 5.41) is 11.1. The summed E-state index contributed by atoms with van der Waals surface area (Å²) >= 11 is 0. The number of hydrogen-bond acceptors (Lipinski definition) is 4. The van der Waals surface area contributed by atoms with Gasteiger partial charge in [0.2, 0.25) is 11.8 Å². The Morgan fingerprint density at radius 3 is 2.61 bits per heavy atom. The third-order valence-corrected chi connectivity index (χ3v) is 2.97. The molecule has 1 saturated heterocycles. The summed E-state index contributed by atoms with van der Waals surface area (Å²) in [6, 6.07) is 8.57. The second kappa shape index (κ2) is 4.88. The molecular weight excluding hydrogens is 230 g/mol. The number of carbonyl (C=O) groups is 2. The molecule has 2 rings (SSSR count). The van der Waals surface area contributed by atoms with Crippen LogP contribution in [0.4, 0.5) is 5.69 Å². The molecule has 92 valence electrons. The Balaban J connectivity index is 2.31. The molecule has 0 aliphatic carbocycles. The number of carbonyl (C=O) groups excluding carboxylic acids is 2. The van der Waals surface area contributed by atoms with Crippen LogP contribution in [0.15, 0.2) is 24.3 Å². The topological polar surface area (TPSA) is 73.2 Å². The maximum Gasteiger partial charge on any atom is 0.249 e. The fourth-order valence-corrected chi connectivity index (χ4v) is 2.07. The van der Waals surface area contributed by atoms with Crippen molar-refractivity contribution in [3.63, 3.8) is 0 Å². The van der Waals surface area contributed by atoms with Gasteiger partial charge in [0.05, 0.1) is 18.2 Å². The van der Waals surface area contributed by atoms with Crippen LogP contribution in [0.5, 0.6) is 0 Å². The largest absolute Gasteiger partial charge is 0.350 e. The number of anilines is 1. The summed E-state index contributed by atoms with van der Waals surface area (Å²) in [7, 11) is 0. The molecule has 1 aromatic carbocycles. The van der Waals surface area contributed by atoms with Gasteiger partial charge in [0, 0.05) is 5.69 Å². The minimum Gasteiger partial charge on any atom is -0.350 e. The number of nitriles is 1. The maximum atomic E-state index is 11.7. The molecule has 5 heteroatoms. The molecule has 2 amide bonds. The number of piperazine rings is 1. The minimum atomic E-state index is -0.337. The monoisotopic (exact) mass is 243 g/mol. The Bertz CT molecular complexity index is 516. The van der Waals surface area contributed by atoms with Crippen molar-refractivity contribution in [3.05, 3.63) is 29.8 Å². The van der Waals surface area contributed by atoms with Gasteiger partial charge < -0.3 is 4.90 Å². The number of imide groups is 1. The summed E-state index contributed by atoms with van der Waals surface area (Å²) in [5.41, 5.74) is 1.34. The van der Waals surface area contributed by atoms with Crippen LogP contribution >= 0.6 is 0 Å². The zero-order valence-corrected chi connectivity index (χ0v) is 10.0. The Morgan fingerprint density at radius 2 is 2.06 bits per heavy atom. The summed E-state index contributed by atoms with van der Waals surface area (Å²) < 4.78 is 0. The Hall–Kier alpha value is -2.35. The van der Waals surface area contributed by atoms with Crippen molar-refractivity contribution < 1.29 is 9.59 Å². The van der Waals surface area contributed by atoms with Crippen molar-refractivity contribution in [2.45, 2.75) is 19.4 Å². The van der Waals surface area contributed by atoms with Crippen molar-refractivity contribution in [2.24, 2.45) is 0 Å². The first-order valence-corrected chi connectivity index (χ1v) is 5.76. The van der Waals surface area contributed by atoms with Gasteiger partial charge in [-0.05, 0) is 30.7 Å². The second-order valence-corrected chi connectivity index (χ2v) is 4.12. The van der Waals surface area contributed by atoms with E-state index in [0.29, 0.717) is 12.0 Å². The van der Waals surface area contributed by atoms with E-state index in [1.165, 1.54) is 0 Å². The number of hydrogen-bond donors (Lipinski definition) is 1. The zero-order valence-electron chi connectivity index (χ0n) is 10.0. The van der Waals surface area contributed by atoms with Crippen LogP contribution in [0.1, 0.15) is 18.9 Å². The quantitative estimate of drug-likeness (QED) is 0.780. The lowest BCUT2D eigenvalue weighted by atomic mass is 10.1. The summed E-state index contributed by atoms with van der Waals surface area (Å²) in [6.45, 7) is 2.06. The molecule has 0 radical (unpaired) electrons. The number of nitrogens with zero attached hydrogens (tertiary/aromatic N) is 2. The van der Waals surface area contributed by atoms with Crippen molar-refractivity contribution in [3.8, 4) is 6.07 Å². The van der Waals surface area contributed by atoms with Crippen molar-refractivity contribution in [1.29, 1.82) is 5.26 Å². The number of nitrogens with one attached hydrogen (secondary N) is 1. The molecule has 1 aliphatic heterocycles. The molecule has 1 unspecified atom stereocenters. The SMILES string of the molecule is CCC1C(=O)NC(=O)CN1c1ccc(C#N)cc1. The molecule has 1 atom stereocenters. The van der Waals surface area contributed by atoms with E-state index in [-0.39, 0.29) is 24.4 Å².